The number of hydrogen-bond acceptors (Lipinski definition) is 3. The predicted octanol–water partition coefficient (Wildman–Crippen LogP) is 1.15. The number of benzene rings is 1. The minimum Gasteiger partial charge on any atom is -0.395 e. The molecule has 0 aliphatic carbocycles. The highest BCUT2D eigenvalue weighted by Crippen LogP contribution is 2.27. The van der Waals surface area contributed by atoms with Gasteiger partial charge < -0.3 is 15.3 Å². The first-order valence-corrected chi connectivity index (χ1v) is 5.88. The second-order valence-electron chi connectivity index (χ2n) is 4.60. The van der Waals surface area contributed by atoms with Crippen LogP contribution in [0.3, 0.4) is 0 Å². The van der Waals surface area contributed by atoms with Crippen molar-refractivity contribution in [1.29, 1.82) is 0 Å². The fraction of sp³-hybridized carbons (Fsp3) is 0.538. The van der Waals surface area contributed by atoms with Crippen molar-refractivity contribution < 1.29 is 5.11 Å². The topological polar surface area (TPSA) is 35.5 Å². The monoisotopic (exact) mass is 220 g/mol. The number of fused-ring (bicyclic) bond motifs is 1. The first kappa shape index (κ1) is 11.4. The molecule has 0 amide bonds. The number of nitrogens with one attached hydrogen (secondary N) is 1. The van der Waals surface area contributed by atoms with Crippen LogP contribution in [0, 0.1) is 0 Å². The fourth-order valence-electron chi connectivity index (χ4n) is 2.09. The van der Waals surface area contributed by atoms with Gasteiger partial charge in [-0.15, -0.1) is 0 Å². The van der Waals surface area contributed by atoms with E-state index in [2.05, 4.69) is 35.5 Å². The maximum atomic E-state index is 8.93. The van der Waals surface area contributed by atoms with Crippen LogP contribution in [-0.4, -0.2) is 31.3 Å². The van der Waals surface area contributed by atoms with Crippen molar-refractivity contribution in [3.05, 3.63) is 29.3 Å². The van der Waals surface area contributed by atoms with E-state index in [4.69, 9.17) is 5.11 Å². The average molecular weight is 220 g/mol. The summed E-state index contributed by atoms with van der Waals surface area (Å²) in [5, 5.41) is 12.2. The molecule has 88 valence electrons. The van der Waals surface area contributed by atoms with Crippen LogP contribution in [0.15, 0.2) is 18.2 Å². The normalized spacial score (nSPS) is 16.3. The third-order valence-corrected chi connectivity index (χ3v) is 3.20. The summed E-state index contributed by atoms with van der Waals surface area (Å²) < 4.78 is 0. The third kappa shape index (κ3) is 2.36. The average Bonchev–Trinajstić information content (AvgIpc) is 2.67. The van der Waals surface area contributed by atoms with Gasteiger partial charge in [-0.3, -0.25) is 0 Å². The highest BCUT2D eigenvalue weighted by atomic mass is 16.3. The number of aliphatic hydroxyl groups excluding tert-OH is 1. The summed E-state index contributed by atoms with van der Waals surface area (Å²) >= 11 is 0. The molecule has 3 heteroatoms. The quantitative estimate of drug-likeness (QED) is 0.799. The molecule has 16 heavy (non-hydrogen) atoms. The van der Waals surface area contributed by atoms with Gasteiger partial charge in [0.05, 0.1) is 6.61 Å². The highest BCUT2D eigenvalue weighted by Gasteiger charge is 2.15. The van der Waals surface area contributed by atoms with Crippen LogP contribution in [-0.2, 0) is 13.0 Å². The van der Waals surface area contributed by atoms with E-state index in [1.807, 2.05) is 6.92 Å². The lowest BCUT2D eigenvalue weighted by atomic mass is 10.1. The molecular formula is C13H20N2O. The minimum absolute atomic E-state index is 0.163. The number of likely N-dealkylation sites (N-methyl/N-ethyl adjacent to an activating group) is 1. The SMILES string of the molecule is C[C@H](CO)NCc1ccc2c(c1)CCN2C. The highest BCUT2D eigenvalue weighted by molar-refractivity contribution is 5.58. The molecule has 0 unspecified atom stereocenters. The molecule has 1 aliphatic heterocycles. The standard InChI is InChI=1S/C13H20N2O/c1-10(9-16)14-8-11-3-4-13-12(7-11)5-6-15(13)2/h3-4,7,10,14,16H,5-6,8-9H2,1-2H3/t10-/m1/s1. The zero-order valence-corrected chi connectivity index (χ0v) is 10.0. The zero-order chi connectivity index (χ0) is 11.5. The Hall–Kier alpha value is -1.06. The Kier molecular flexibility index (Phi) is 3.46. The summed E-state index contributed by atoms with van der Waals surface area (Å²) in [5.74, 6) is 0. The lowest BCUT2D eigenvalue weighted by Crippen LogP contribution is -2.28. The van der Waals surface area contributed by atoms with Gasteiger partial charge in [0.25, 0.3) is 0 Å². The molecule has 0 radical (unpaired) electrons. The van der Waals surface area contributed by atoms with Gasteiger partial charge in [-0.2, -0.15) is 0 Å². The van der Waals surface area contributed by atoms with Crippen molar-refractivity contribution in [2.24, 2.45) is 0 Å². The molecule has 1 heterocycles. The summed E-state index contributed by atoms with van der Waals surface area (Å²) in [4.78, 5) is 2.29. The van der Waals surface area contributed by atoms with Crippen molar-refractivity contribution >= 4 is 5.69 Å². The molecule has 0 bridgehead atoms. The number of anilines is 1. The van der Waals surface area contributed by atoms with Gasteiger partial charge in [-0.1, -0.05) is 12.1 Å². The molecule has 2 N–H and O–H groups in total. The van der Waals surface area contributed by atoms with E-state index in [1.54, 1.807) is 0 Å². The minimum atomic E-state index is 0.163. The number of nitrogens with zero attached hydrogens (tertiary/aromatic N) is 1. The van der Waals surface area contributed by atoms with Crippen LogP contribution in [0.1, 0.15) is 18.1 Å². The maximum absolute atomic E-state index is 8.93. The lowest BCUT2D eigenvalue weighted by Gasteiger charge is -2.13. The number of aliphatic hydroxyl groups is 1. The number of rotatable bonds is 4. The van der Waals surface area contributed by atoms with Crippen LogP contribution in [0.4, 0.5) is 5.69 Å². The van der Waals surface area contributed by atoms with E-state index in [0.29, 0.717) is 0 Å². The fourth-order valence-corrected chi connectivity index (χ4v) is 2.09. The Balaban J connectivity index is 2.02. The van der Waals surface area contributed by atoms with E-state index in [9.17, 15) is 0 Å². The molecule has 1 aliphatic rings. The van der Waals surface area contributed by atoms with Crippen molar-refractivity contribution in [1.82, 2.24) is 5.32 Å². The molecule has 0 saturated heterocycles. The Morgan fingerprint density at radius 1 is 1.50 bits per heavy atom. The van der Waals surface area contributed by atoms with Gasteiger partial charge >= 0.3 is 0 Å². The molecule has 0 spiro atoms. The van der Waals surface area contributed by atoms with Gasteiger partial charge in [0.15, 0.2) is 0 Å². The zero-order valence-electron chi connectivity index (χ0n) is 10.0. The maximum Gasteiger partial charge on any atom is 0.0582 e. The van der Waals surface area contributed by atoms with Crippen molar-refractivity contribution in [2.45, 2.75) is 25.9 Å². The number of hydrogen-bond donors (Lipinski definition) is 2. The van der Waals surface area contributed by atoms with Crippen LogP contribution in [0.25, 0.3) is 0 Å². The van der Waals surface area contributed by atoms with Gasteiger partial charge in [-0.05, 0) is 30.5 Å². The molecule has 1 aromatic carbocycles. The summed E-state index contributed by atoms with van der Waals surface area (Å²) in [7, 11) is 2.14. The van der Waals surface area contributed by atoms with Crippen LogP contribution >= 0.6 is 0 Å². The van der Waals surface area contributed by atoms with E-state index in [0.717, 1.165) is 19.5 Å². The Morgan fingerprint density at radius 2 is 2.31 bits per heavy atom. The van der Waals surface area contributed by atoms with E-state index in [1.165, 1.54) is 16.8 Å². The van der Waals surface area contributed by atoms with Crippen LogP contribution < -0.4 is 10.2 Å². The largest absolute Gasteiger partial charge is 0.395 e. The molecule has 2 rings (SSSR count). The first-order valence-electron chi connectivity index (χ1n) is 5.88. The van der Waals surface area contributed by atoms with Crippen molar-refractivity contribution in [3.8, 4) is 0 Å². The Labute approximate surface area is 97.1 Å². The lowest BCUT2D eigenvalue weighted by molar-refractivity contribution is 0.251. The summed E-state index contributed by atoms with van der Waals surface area (Å²) in [6.45, 7) is 4.13. The Morgan fingerprint density at radius 3 is 3.06 bits per heavy atom. The summed E-state index contributed by atoms with van der Waals surface area (Å²) in [6.07, 6.45) is 1.15. The molecule has 0 aromatic heterocycles. The third-order valence-electron chi connectivity index (χ3n) is 3.20. The van der Waals surface area contributed by atoms with Crippen LogP contribution in [0.5, 0.6) is 0 Å². The second kappa shape index (κ2) is 4.85. The van der Waals surface area contributed by atoms with Crippen molar-refractivity contribution in [3.63, 3.8) is 0 Å². The van der Waals surface area contributed by atoms with E-state index >= 15 is 0 Å². The molecule has 1 aromatic rings. The van der Waals surface area contributed by atoms with E-state index in [-0.39, 0.29) is 12.6 Å². The van der Waals surface area contributed by atoms with E-state index < -0.39 is 0 Å². The molecule has 0 saturated carbocycles. The van der Waals surface area contributed by atoms with Gasteiger partial charge in [0.2, 0.25) is 0 Å². The summed E-state index contributed by atoms with van der Waals surface area (Å²) in [5.41, 5.74) is 4.10. The molecule has 1 atom stereocenters. The second-order valence-corrected chi connectivity index (χ2v) is 4.60. The van der Waals surface area contributed by atoms with Gasteiger partial charge in [0, 0.05) is 31.9 Å². The first-order chi connectivity index (χ1) is 7.70. The predicted molar refractivity (Wildman–Crippen MR) is 66.8 cm³/mol. The smallest absolute Gasteiger partial charge is 0.0582 e. The van der Waals surface area contributed by atoms with Gasteiger partial charge in [-0.25, -0.2) is 0 Å². The summed E-state index contributed by atoms with van der Waals surface area (Å²) in [6, 6.07) is 6.80. The van der Waals surface area contributed by atoms with Crippen molar-refractivity contribution in [2.75, 3.05) is 25.1 Å². The van der Waals surface area contributed by atoms with Gasteiger partial charge in [0.1, 0.15) is 0 Å². The molecular weight excluding hydrogens is 200 g/mol. The molecule has 3 nitrogen and oxygen atoms in total. The Bertz CT molecular complexity index is 365. The van der Waals surface area contributed by atoms with Crippen LogP contribution in [0.2, 0.25) is 0 Å². The molecule has 0 fully saturated rings.